The molecule has 206 valence electrons. The lowest BCUT2D eigenvalue weighted by Gasteiger charge is -2.24. The van der Waals surface area contributed by atoms with E-state index >= 15 is 0 Å². The fourth-order valence-electron chi connectivity index (χ4n) is 3.44. The third-order valence-electron chi connectivity index (χ3n) is 5.07. The number of esters is 2. The summed E-state index contributed by atoms with van der Waals surface area (Å²) in [6.07, 6.45) is -3.84. The Hall–Kier alpha value is -3.88. The molecule has 12 nitrogen and oxygen atoms in total. The summed E-state index contributed by atoms with van der Waals surface area (Å²) in [7, 11) is -2.65. The molecule has 13 heteroatoms. The second kappa shape index (κ2) is 13.8. The smallest absolute Gasteiger partial charge is 0.338 e. The maximum Gasteiger partial charge on any atom is 0.338 e. The number of nitrogens with zero attached hydrogens (tertiary/aromatic N) is 4. The minimum Gasteiger partial charge on any atom is -0.450 e. The average molecular weight is 557 g/mol. The molecule has 0 unspecified atom stereocenters. The molecule has 0 bridgehead atoms. The Labute approximate surface area is 225 Å². The molecule has 1 N–H and O–H groups in total. The Balaban J connectivity index is 0.00000134. The number of aromatic nitrogens is 3. The number of hydrogen-bond acceptors (Lipinski definition) is 11. The van der Waals surface area contributed by atoms with Crippen LogP contribution in [0.2, 0.25) is 0 Å². The molecule has 4 atom stereocenters. The van der Waals surface area contributed by atoms with E-state index in [2.05, 4.69) is 10.1 Å². The predicted molar refractivity (Wildman–Crippen MR) is 138 cm³/mol. The second-order valence-electron chi connectivity index (χ2n) is 8.71. The summed E-state index contributed by atoms with van der Waals surface area (Å²) >= 11 is 0. The van der Waals surface area contributed by atoms with E-state index in [0.717, 1.165) is 0 Å². The van der Waals surface area contributed by atoms with Gasteiger partial charge in [-0.2, -0.15) is 5.26 Å². The number of carbonyl (C=O) groups is 2. The molecular weight excluding hydrogens is 527 g/mol. The summed E-state index contributed by atoms with van der Waals surface area (Å²) in [4.78, 5) is 29.8. The monoisotopic (exact) mass is 556 g/mol. The van der Waals surface area contributed by atoms with E-state index in [1.165, 1.54) is 24.3 Å². The largest absolute Gasteiger partial charge is 0.450 e. The molecule has 2 aromatic carbocycles. The van der Waals surface area contributed by atoms with Crippen molar-refractivity contribution in [3.8, 4) is 6.07 Å². The van der Waals surface area contributed by atoms with Crippen LogP contribution >= 0.6 is 7.14 Å². The van der Waals surface area contributed by atoms with Gasteiger partial charge in [0.05, 0.1) is 11.1 Å². The van der Waals surface area contributed by atoms with Crippen molar-refractivity contribution in [2.45, 2.75) is 31.6 Å². The molecule has 0 aliphatic carbocycles. The summed E-state index contributed by atoms with van der Waals surface area (Å²) in [5.41, 5.74) is 0.522. The van der Waals surface area contributed by atoms with Crippen LogP contribution in [0.25, 0.3) is 0 Å². The Bertz CT molecular complexity index is 1320. The number of aliphatic hydroxyl groups is 1. The highest BCUT2D eigenvalue weighted by Crippen LogP contribution is 2.40. The van der Waals surface area contributed by atoms with Gasteiger partial charge in [0.15, 0.2) is 18.4 Å². The zero-order valence-corrected chi connectivity index (χ0v) is 22.5. The first kappa shape index (κ1) is 29.7. The highest BCUT2D eigenvalue weighted by atomic mass is 31.2. The van der Waals surface area contributed by atoms with Gasteiger partial charge in [-0.1, -0.05) is 36.4 Å². The highest BCUT2D eigenvalue weighted by Gasteiger charge is 2.52. The normalized spacial score (nSPS) is 20.3. The minimum atomic E-state index is -2.65. The Morgan fingerprint density at radius 3 is 2.00 bits per heavy atom. The van der Waals surface area contributed by atoms with Gasteiger partial charge in [-0.15, -0.1) is 5.10 Å². The predicted octanol–water partition coefficient (Wildman–Crippen LogP) is 3.05. The van der Waals surface area contributed by atoms with Crippen LogP contribution in [0.3, 0.4) is 0 Å². The Kier molecular flexibility index (Phi) is 10.5. The van der Waals surface area contributed by atoms with Crippen molar-refractivity contribution >= 4 is 19.1 Å². The molecule has 1 aliphatic rings. The van der Waals surface area contributed by atoms with Gasteiger partial charge >= 0.3 is 11.9 Å². The Morgan fingerprint density at radius 1 is 1.03 bits per heavy atom. The molecule has 0 spiro atoms. The van der Waals surface area contributed by atoms with Gasteiger partial charge in [-0.25, -0.2) is 19.3 Å². The topological polar surface area (TPSA) is 163 Å². The number of benzene rings is 2. The number of ether oxygens (including phenoxy) is 4. The van der Waals surface area contributed by atoms with Gasteiger partial charge in [0.2, 0.25) is 6.29 Å². The molecule has 2 heterocycles. The lowest BCUT2D eigenvalue weighted by atomic mass is 10.1. The molecule has 39 heavy (non-hydrogen) atoms. The first-order chi connectivity index (χ1) is 18.7. The first-order valence-electron chi connectivity index (χ1n) is 11.9. The molecule has 4 rings (SSSR count). The molecule has 0 amide bonds. The van der Waals surface area contributed by atoms with E-state index in [4.69, 9.17) is 29.3 Å². The van der Waals surface area contributed by atoms with Crippen molar-refractivity contribution in [2.75, 3.05) is 26.3 Å². The minimum absolute atomic E-state index is 0.138. The van der Waals surface area contributed by atoms with Crippen molar-refractivity contribution in [1.29, 1.82) is 5.26 Å². The summed E-state index contributed by atoms with van der Waals surface area (Å²) in [6.45, 7) is 5.00. The highest BCUT2D eigenvalue weighted by molar-refractivity contribution is 7.62. The SMILES string of the molecule is CCO.CP(C)(=O)CO[C@H]1O[C@@H](n2cnc(C#N)n2)[C@H](OC(=O)c2ccccc2)[C@@H]1OC(=O)c1ccccc1. The lowest BCUT2D eigenvalue weighted by Crippen LogP contribution is -2.40. The molecule has 1 aromatic heterocycles. The molecular formula is C26H29N4O8P. The van der Waals surface area contributed by atoms with Crippen molar-refractivity contribution in [3.63, 3.8) is 0 Å². The molecule has 1 aliphatic heterocycles. The van der Waals surface area contributed by atoms with Gasteiger partial charge in [0.1, 0.15) is 25.9 Å². The molecule has 1 saturated heterocycles. The zero-order valence-electron chi connectivity index (χ0n) is 21.6. The fraction of sp³-hybridized carbons (Fsp3) is 0.346. The van der Waals surface area contributed by atoms with Gasteiger partial charge in [-0.3, -0.25) is 0 Å². The van der Waals surface area contributed by atoms with Gasteiger partial charge in [0.25, 0.3) is 5.82 Å². The van der Waals surface area contributed by atoms with Crippen LogP contribution in [0.1, 0.15) is 39.7 Å². The quantitative estimate of drug-likeness (QED) is 0.320. The van der Waals surface area contributed by atoms with Crippen molar-refractivity contribution < 1.29 is 38.2 Å². The summed E-state index contributed by atoms with van der Waals surface area (Å²) in [5.74, 6) is -1.54. The number of nitriles is 1. The lowest BCUT2D eigenvalue weighted by molar-refractivity contribution is -0.169. The van der Waals surface area contributed by atoms with Crippen LogP contribution in [-0.2, 0) is 23.5 Å². The number of hydrogen-bond donors (Lipinski definition) is 1. The third-order valence-corrected chi connectivity index (χ3v) is 5.84. The molecule has 0 radical (unpaired) electrons. The maximum absolute atomic E-state index is 13.0. The van der Waals surface area contributed by atoms with E-state index < -0.39 is 43.8 Å². The van der Waals surface area contributed by atoms with E-state index in [-0.39, 0.29) is 29.9 Å². The van der Waals surface area contributed by atoms with Gasteiger partial charge < -0.3 is 28.6 Å². The average Bonchev–Trinajstić information content (AvgIpc) is 3.53. The summed E-state index contributed by atoms with van der Waals surface area (Å²) in [5, 5.41) is 20.7. The van der Waals surface area contributed by atoms with Crippen LogP contribution in [-0.4, -0.2) is 76.6 Å². The summed E-state index contributed by atoms with van der Waals surface area (Å²) < 4.78 is 36.7. The summed E-state index contributed by atoms with van der Waals surface area (Å²) in [6, 6.07) is 18.3. The third kappa shape index (κ3) is 8.30. The van der Waals surface area contributed by atoms with Gasteiger partial charge in [-0.05, 0) is 44.5 Å². The van der Waals surface area contributed by atoms with Crippen molar-refractivity contribution in [3.05, 3.63) is 83.9 Å². The molecule has 3 aromatic rings. The van der Waals surface area contributed by atoms with Crippen LogP contribution in [0, 0.1) is 11.3 Å². The zero-order chi connectivity index (χ0) is 28.4. The van der Waals surface area contributed by atoms with Gasteiger partial charge in [0, 0.05) is 6.61 Å². The van der Waals surface area contributed by atoms with Crippen LogP contribution in [0.4, 0.5) is 0 Å². The number of carbonyl (C=O) groups excluding carboxylic acids is 2. The standard InChI is InChI=1S/C24H23N4O7P.C2H6O/c1-36(2,31)15-32-24-20(34-23(30)17-11-7-4-8-12-17)19(33-22(29)16-9-5-3-6-10-16)21(35-24)28-14-26-18(13-25)27-28;1-2-3/h3-12,14,19-21,24H,15H2,1-2H3;3H,2H2,1H3/t19-,20+,21-,24+;/m1./s1. The fourth-order valence-corrected chi connectivity index (χ4v) is 3.94. The molecule has 0 saturated carbocycles. The number of rotatable bonds is 8. The maximum atomic E-state index is 13.0. The Morgan fingerprint density at radius 2 is 1.54 bits per heavy atom. The van der Waals surface area contributed by atoms with Crippen LogP contribution in [0.15, 0.2) is 67.0 Å². The van der Waals surface area contributed by atoms with Crippen molar-refractivity contribution in [2.24, 2.45) is 0 Å². The second-order valence-corrected chi connectivity index (χ2v) is 12.1. The van der Waals surface area contributed by atoms with E-state index in [1.807, 2.05) is 6.07 Å². The number of aliphatic hydroxyl groups excluding tert-OH is 1. The van der Waals surface area contributed by atoms with Crippen molar-refractivity contribution in [1.82, 2.24) is 14.8 Å². The first-order valence-corrected chi connectivity index (χ1v) is 14.7. The van der Waals surface area contributed by atoms with E-state index in [9.17, 15) is 14.2 Å². The van der Waals surface area contributed by atoms with Crippen LogP contribution < -0.4 is 0 Å². The van der Waals surface area contributed by atoms with Crippen LogP contribution in [0.5, 0.6) is 0 Å². The van der Waals surface area contributed by atoms with E-state index in [0.29, 0.717) is 0 Å². The molecule has 1 fully saturated rings. The van der Waals surface area contributed by atoms with E-state index in [1.54, 1.807) is 67.6 Å².